The molecular weight excluding hydrogens is 202 g/mol. The lowest BCUT2D eigenvalue weighted by Crippen LogP contribution is -2.41. The first-order chi connectivity index (χ1) is 7.81. The van der Waals surface area contributed by atoms with Crippen molar-refractivity contribution >= 4 is 16.8 Å². The lowest BCUT2D eigenvalue weighted by atomic mass is 9.85. The third-order valence-electron chi connectivity index (χ3n) is 3.10. The largest absolute Gasteiger partial charge is 0.443 e. The van der Waals surface area contributed by atoms with Crippen LogP contribution in [0.15, 0.2) is 29.0 Å². The molecule has 0 amide bonds. The predicted octanol–water partition coefficient (Wildman–Crippen LogP) is 3.04. The summed E-state index contributed by atoms with van der Waals surface area (Å²) in [6.45, 7) is 7.22. The minimum absolute atomic E-state index is 0.381. The number of nitrogens with zero attached hydrogens (tertiary/aromatic N) is 2. The van der Waals surface area contributed by atoms with Crippen LogP contribution in [-0.2, 0) is 0 Å². The van der Waals surface area contributed by atoms with E-state index in [2.05, 4.69) is 15.1 Å². The molecular formula is C12H11N3O. The van der Waals surface area contributed by atoms with E-state index in [1.54, 1.807) is 0 Å². The number of anilines is 1. The van der Waals surface area contributed by atoms with E-state index in [1.165, 1.54) is 6.39 Å². The van der Waals surface area contributed by atoms with Crippen molar-refractivity contribution in [2.24, 2.45) is 0 Å². The molecule has 16 heavy (non-hydrogen) atoms. The molecule has 2 aromatic rings. The number of hydrogen-bond acceptors (Lipinski definition) is 3. The van der Waals surface area contributed by atoms with Crippen molar-refractivity contribution in [1.29, 1.82) is 0 Å². The second kappa shape index (κ2) is 3.24. The van der Waals surface area contributed by atoms with Crippen molar-refractivity contribution in [2.45, 2.75) is 24.9 Å². The molecule has 0 saturated heterocycles. The fourth-order valence-corrected chi connectivity index (χ4v) is 1.98. The molecule has 80 valence electrons. The normalized spacial score (nSPS) is 17.7. The minimum Gasteiger partial charge on any atom is -0.443 e. The van der Waals surface area contributed by atoms with Gasteiger partial charge in [0.15, 0.2) is 12.0 Å². The standard InChI is InChI=1S/C12H11N3O/c1-13-12(5-2-6-12)15-9-3-4-10-11(7-9)16-8-14-10/h3-4,7-8,15H,2,5-6H2. The molecule has 1 heterocycles. The molecule has 1 aromatic heterocycles. The van der Waals surface area contributed by atoms with Crippen LogP contribution in [0, 0.1) is 6.57 Å². The molecule has 3 rings (SSSR count). The highest BCUT2D eigenvalue weighted by atomic mass is 16.3. The van der Waals surface area contributed by atoms with Crippen LogP contribution < -0.4 is 5.32 Å². The van der Waals surface area contributed by atoms with Crippen LogP contribution >= 0.6 is 0 Å². The summed E-state index contributed by atoms with van der Waals surface area (Å²) in [5, 5.41) is 3.28. The van der Waals surface area contributed by atoms with Gasteiger partial charge in [0.25, 0.3) is 0 Å². The van der Waals surface area contributed by atoms with Gasteiger partial charge in [-0.3, -0.25) is 4.85 Å². The number of nitrogens with one attached hydrogen (secondary N) is 1. The van der Waals surface area contributed by atoms with Crippen molar-refractivity contribution in [3.05, 3.63) is 36.0 Å². The molecule has 1 saturated carbocycles. The Balaban J connectivity index is 1.92. The van der Waals surface area contributed by atoms with Gasteiger partial charge in [-0.25, -0.2) is 11.6 Å². The monoisotopic (exact) mass is 213 g/mol. The Morgan fingerprint density at radius 2 is 2.31 bits per heavy atom. The van der Waals surface area contributed by atoms with Gasteiger partial charge in [-0.15, -0.1) is 0 Å². The molecule has 0 aliphatic heterocycles. The molecule has 1 aliphatic rings. The lowest BCUT2D eigenvalue weighted by Gasteiger charge is -2.31. The summed E-state index contributed by atoms with van der Waals surface area (Å²) >= 11 is 0. The zero-order valence-electron chi connectivity index (χ0n) is 8.73. The predicted molar refractivity (Wildman–Crippen MR) is 60.8 cm³/mol. The van der Waals surface area contributed by atoms with Crippen LogP contribution in [0.25, 0.3) is 15.9 Å². The van der Waals surface area contributed by atoms with E-state index in [9.17, 15) is 0 Å². The second-order valence-electron chi connectivity index (χ2n) is 4.16. The molecule has 0 atom stereocenters. The summed E-state index contributed by atoms with van der Waals surface area (Å²) in [7, 11) is 0. The summed E-state index contributed by atoms with van der Waals surface area (Å²) < 4.78 is 5.23. The Morgan fingerprint density at radius 3 is 3.00 bits per heavy atom. The lowest BCUT2D eigenvalue weighted by molar-refractivity contribution is 0.343. The van der Waals surface area contributed by atoms with Gasteiger partial charge in [0.1, 0.15) is 5.52 Å². The molecule has 4 heteroatoms. The number of benzene rings is 1. The van der Waals surface area contributed by atoms with E-state index in [0.29, 0.717) is 0 Å². The van der Waals surface area contributed by atoms with Gasteiger partial charge in [0, 0.05) is 24.6 Å². The quantitative estimate of drug-likeness (QED) is 0.779. The van der Waals surface area contributed by atoms with E-state index in [-0.39, 0.29) is 5.66 Å². The van der Waals surface area contributed by atoms with Crippen molar-refractivity contribution in [2.75, 3.05) is 5.32 Å². The summed E-state index contributed by atoms with van der Waals surface area (Å²) in [6, 6.07) is 5.74. The molecule has 0 radical (unpaired) electrons. The van der Waals surface area contributed by atoms with Crippen LogP contribution in [0.1, 0.15) is 19.3 Å². The fraction of sp³-hybridized carbons (Fsp3) is 0.333. The van der Waals surface area contributed by atoms with Gasteiger partial charge in [-0.1, -0.05) is 0 Å². The van der Waals surface area contributed by atoms with Crippen molar-refractivity contribution in [3.63, 3.8) is 0 Å². The number of hydrogen-bond donors (Lipinski definition) is 1. The topological polar surface area (TPSA) is 42.4 Å². The third kappa shape index (κ3) is 1.33. The highest BCUT2D eigenvalue weighted by Gasteiger charge is 2.43. The van der Waals surface area contributed by atoms with E-state index in [0.717, 1.165) is 36.0 Å². The minimum atomic E-state index is -0.381. The molecule has 0 unspecified atom stereocenters. The summed E-state index contributed by atoms with van der Waals surface area (Å²) in [5.41, 5.74) is 2.15. The number of rotatable bonds is 2. The van der Waals surface area contributed by atoms with Gasteiger partial charge in [-0.2, -0.15) is 0 Å². The summed E-state index contributed by atoms with van der Waals surface area (Å²) in [4.78, 5) is 7.74. The molecule has 1 aromatic carbocycles. The number of aromatic nitrogens is 1. The molecule has 0 spiro atoms. The zero-order valence-corrected chi connectivity index (χ0v) is 8.73. The van der Waals surface area contributed by atoms with Crippen molar-refractivity contribution in [3.8, 4) is 0 Å². The van der Waals surface area contributed by atoms with Crippen LogP contribution in [0.4, 0.5) is 5.69 Å². The molecule has 1 fully saturated rings. The average Bonchev–Trinajstić information content (AvgIpc) is 2.70. The van der Waals surface area contributed by atoms with Crippen molar-refractivity contribution in [1.82, 2.24) is 4.98 Å². The Hall–Kier alpha value is -2.02. The van der Waals surface area contributed by atoms with Crippen LogP contribution in [0.2, 0.25) is 0 Å². The van der Waals surface area contributed by atoms with E-state index in [4.69, 9.17) is 11.0 Å². The van der Waals surface area contributed by atoms with Crippen LogP contribution in [0.3, 0.4) is 0 Å². The summed E-state index contributed by atoms with van der Waals surface area (Å²) in [5.74, 6) is 0. The van der Waals surface area contributed by atoms with Crippen molar-refractivity contribution < 1.29 is 4.42 Å². The van der Waals surface area contributed by atoms with E-state index >= 15 is 0 Å². The smallest absolute Gasteiger partial charge is 0.305 e. The molecule has 4 nitrogen and oxygen atoms in total. The first-order valence-corrected chi connectivity index (χ1v) is 5.31. The van der Waals surface area contributed by atoms with Crippen LogP contribution in [-0.4, -0.2) is 10.6 Å². The Kier molecular flexibility index (Phi) is 1.87. The molecule has 0 bridgehead atoms. The third-order valence-corrected chi connectivity index (χ3v) is 3.10. The molecule has 1 aliphatic carbocycles. The van der Waals surface area contributed by atoms with E-state index in [1.807, 2.05) is 18.2 Å². The summed E-state index contributed by atoms with van der Waals surface area (Å²) in [6.07, 6.45) is 4.40. The Bertz CT molecular complexity index is 563. The van der Waals surface area contributed by atoms with Gasteiger partial charge in [0.2, 0.25) is 0 Å². The number of fused-ring (bicyclic) bond motifs is 1. The zero-order chi connectivity index (χ0) is 11.0. The van der Waals surface area contributed by atoms with Gasteiger partial charge < -0.3 is 9.73 Å². The second-order valence-corrected chi connectivity index (χ2v) is 4.16. The van der Waals surface area contributed by atoms with Gasteiger partial charge in [-0.05, 0) is 18.6 Å². The highest BCUT2D eigenvalue weighted by Crippen LogP contribution is 2.36. The molecule has 1 N–H and O–H groups in total. The maximum atomic E-state index is 7.22. The maximum Gasteiger partial charge on any atom is 0.305 e. The fourth-order valence-electron chi connectivity index (χ4n) is 1.98. The average molecular weight is 213 g/mol. The van der Waals surface area contributed by atoms with E-state index < -0.39 is 0 Å². The first kappa shape index (κ1) is 9.22. The maximum absolute atomic E-state index is 7.22. The van der Waals surface area contributed by atoms with Gasteiger partial charge in [0.05, 0.1) is 0 Å². The SMILES string of the molecule is [C-]#[N+]C1(Nc2ccc3ncoc3c2)CCC1. The van der Waals surface area contributed by atoms with Crippen LogP contribution in [0.5, 0.6) is 0 Å². The first-order valence-electron chi connectivity index (χ1n) is 5.31. The number of oxazole rings is 1. The highest BCUT2D eigenvalue weighted by molar-refractivity contribution is 5.77. The Morgan fingerprint density at radius 1 is 1.44 bits per heavy atom. The van der Waals surface area contributed by atoms with Gasteiger partial charge >= 0.3 is 5.66 Å². The Labute approximate surface area is 93.1 Å².